The molecule has 44 valence electrons. The third-order valence-corrected chi connectivity index (χ3v) is 0. The Morgan fingerprint density at radius 3 is 1.00 bits per heavy atom. The fourth-order valence-corrected chi connectivity index (χ4v) is 0. The maximum absolute atomic E-state index is 9.75. The van der Waals surface area contributed by atoms with Gasteiger partial charge >= 0.3 is 36.8 Å². The average Bonchev–Trinajstić information content (AvgIpc) is 0.722. The molecule has 1 nitrogen and oxygen atoms in total. The van der Waals surface area contributed by atoms with Gasteiger partial charge in [0.2, 0.25) is 0 Å². The van der Waals surface area contributed by atoms with Crippen LogP contribution in [0.2, 0.25) is 0 Å². The minimum absolute atomic E-state index is 0. The normalized spacial score (nSPS) is 7.50. The molecule has 0 bridgehead atoms. The van der Waals surface area contributed by atoms with Crippen LogP contribution in [0.5, 0.6) is 0 Å². The smallest absolute Gasteiger partial charge is 1.00 e. The maximum Gasteiger partial charge on any atom is 1.00 e. The standard InChI is InChI=1S/BF4.Na.H2O.Zn.H/c2-1(3,4)5;;;;/h;;1H2;;/q-1;+1;;;-1. The predicted octanol–water partition coefficient (Wildman–Crippen LogP) is -2.41. The van der Waals surface area contributed by atoms with Gasteiger partial charge in [0.25, 0.3) is 0 Å². The molecule has 0 aromatic rings. The van der Waals surface area contributed by atoms with Gasteiger partial charge < -0.3 is 24.2 Å². The molecule has 2 N–H and O–H groups in total. The average molecular weight is 194 g/mol. The van der Waals surface area contributed by atoms with Gasteiger partial charge in [-0.2, -0.15) is 0 Å². The number of hydrogen-bond donors (Lipinski definition) is 0. The van der Waals surface area contributed by atoms with Crippen LogP contribution in [0.3, 0.4) is 0 Å². The Kier molecular flexibility index (Phi) is 23.8. The Morgan fingerprint density at radius 1 is 1.00 bits per heavy atom. The van der Waals surface area contributed by atoms with Crippen molar-refractivity contribution in [3.8, 4) is 0 Å². The summed E-state index contributed by atoms with van der Waals surface area (Å²) in [5.41, 5.74) is 0. The minimum atomic E-state index is -6.00. The Balaban J connectivity index is -0.0000000133. The van der Waals surface area contributed by atoms with E-state index in [2.05, 4.69) is 0 Å². The molecule has 0 atom stereocenters. The zero-order valence-electron chi connectivity index (χ0n) is 5.30. The molecule has 0 saturated heterocycles. The van der Waals surface area contributed by atoms with Crippen molar-refractivity contribution in [2.45, 2.75) is 0 Å². The number of hydrogen-bond acceptors (Lipinski definition) is 0. The summed E-state index contributed by atoms with van der Waals surface area (Å²) in [6.07, 6.45) is 0. The minimum Gasteiger partial charge on any atom is -1.00 e. The SMILES string of the molecule is F[B-](F)(F)F.O.[H-].[Na+].[Zn]. The Bertz CT molecular complexity index is 36.0. The first-order valence-corrected chi connectivity index (χ1v) is 0.873. The van der Waals surface area contributed by atoms with Crippen LogP contribution < -0.4 is 29.6 Å². The molecule has 8 heavy (non-hydrogen) atoms. The molecule has 0 aromatic carbocycles. The second kappa shape index (κ2) is 8.37. The van der Waals surface area contributed by atoms with Gasteiger partial charge in [0.05, 0.1) is 0 Å². The van der Waals surface area contributed by atoms with E-state index in [1.165, 1.54) is 0 Å². The second-order valence-corrected chi connectivity index (χ2v) is 0.495. The van der Waals surface area contributed by atoms with E-state index < -0.39 is 7.25 Å². The summed E-state index contributed by atoms with van der Waals surface area (Å²) in [6, 6.07) is 0. The third-order valence-electron chi connectivity index (χ3n) is 0. The van der Waals surface area contributed by atoms with E-state index in [0.717, 1.165) is 0 Å². The van der Waals surface area contributed by atoms with Gasteiger partial charge in [0.15, 0.2) is 0 Å². The second-order valence-electron chi connectivity index (χ2n) is 0.495. The van der Waals surface area contributed by atoms with Gasteiger partial charge in [0, 0.05) is 19.5 Å². The fourth-order valence-electron chi connectivity index (χ4n) is 0. The van der Waals surface area contributed by atoms with Crippen molar-refractivity contribution in [2.75, 3.05) is 0 Å². The van der Waals surface area contributed by atoms with Crippen LogP contribution in [0.1, 0.15) is 1.43 Å². The molecule has 8 heteroatoms. The molecule has 0 heterocycles. The number of rotatable bonds is 0. The van der Waals surface area contributed by atoms with Gasteiger partial charge in [-0.3, -0.25) is 0 Å². The van der Waals surface area contributed by atoms with Crippen molar-refractivity contribution in [3.63, 3.8) is 0 Å². The van der Waals surface area contributed by atoms with Crippen LogP contribution in [0.4, 0.5) is 17.3 Å². The van der Waals surface area contributed by atoms with Crippen molar-refractivity contribution in [1.29, 1.82) is 0 Å². The molecule has 0 aliphatic carbocycles. The van der Waals surface area contributed by atoms with Crippen molar-refractivity contribution in [1.82, 2.24) is 0 Å². The van der Waals surface area contributed by atoms with Crippen LogP contribution in [0, 0.1) is 0 Å². The van der Waals surface area contributed by atoms with E-state index in [1.54, 1.807) is 0 Å². The van der Waals surface area contributed by atoms with E-state index in [1.807, 2.05) is 0 Å². The number of halogens is 4. The molecular weight excluding hydrogens is 191 g/mol. The van der Waals surface area contributed by atoms with E-state index in [-0.39, 0.29) is 55.9 Å². The first-order valence-electron chi connectivity index (χ1n) is 0.873. The first-order chi connectivity index (χ1) is 2.00. The van der Waals surface area contributed by atoms with E-state index >= 15 is 0 Å². The van der Waals surface area contributed by atoms with Gasteiger partial charge in [-0.1, -0.05) is 0 Å². The van der Waals surface area contributed by atoms with Crippen LogP contribution >= 0.6 is 0 Å². The molecule has 0 aliphatic rings. The molecule has 0 radical (unpaired) electrons. The summed E-state index contributed by atoms with van der Waals surface area (Å²) in [5.74, 6) is 0. The van der Waals surface area contributed by atoms with Crippen molar-refractivity contribution in [3.05, 3.63) is 0 Å². The van der Waals surface area contributed by atoms with Gasteiger partial charge in [-0.25, -0.2) is 0 Å². The first kappa shape index (κ1) is 22.8. The summed E-state index contributed by atoms with van der Waals surface area (Å²) >= 11 is 0. The molecule has 0 unspecified atom stereocenters. The summed E-state index contributed by atoms with van der Waals surface area (Å²) in [7, 11) is -6.00. The van der Waals surface area contributed by atoms with Gasteiger partial charge in [-0.05, 0) is 0 Å². The van der Waals surface area contributed by atoms with Crippen LogP contribution in [0.25, 0.3) is 0 Å². The van der Waals surface area contributed by atoms with Crippen LogP contribution in [0.15, 0.2) is 0 Å². The molecule has 0 saturated carbocycles. The molecular formula is H3BF4NaOZn-. The predicted molar refractivity (Wildman–Crippen MR) is 14.9 cm³/mol. The van der Waals surface area contributed by atoms with Crippen LogP contribution in [-0.4, -0.2) is 12.7 Å². The van der Waals surface area contributed by atoms with Crippen LogP contribution in [-0.2, 0) is 19.5 Å². The molecule has 0 amide bonds. The summed E-state index contributed by atoms with van der Waals surface area (Å²) in [4.78, 5) is 0. The zero-order valence-corrected chi connectivity index (χ0v) is 9.26. The van der Waals surface area contributed by atoms with E-state index in [9.17, 15) is 17.3 Å². The molecule has 0 fully saturated rings. The van der Waals surface area contributed by atoms with E-state index in [0.29, 0.717) is 0 Å². The molecule has 0 aliphatic heterocycles. The Labute approximate surface area is 80.2 Å². The van der Waals surface area contributed by atoms with Gasteiger partial charge in [0.1, 0.15) is 0 Å². The Hall–Kier alpha value is 1.37. The molecule has 0 spiro atoms. The topological polar surface area (TPSA) is 31.5 Å². The van der Waals surface area contributed by atoms with Crippen molar-refractivity contribution < 1.29 is 73.2 Å². The monoisotopic (exact) mass is 193 g/mol. The molecule has 0 aromatic heterocycles. The summed E-state index contributed by atoms with van der Waals surface area (Å²) in [6.45, 7) is 0. The van der Waals surface area contributed by atoms with Gasteiger partial charge in [-0.15, -0.1) is 0 Å². The van der Waals surface area contributed by atoms with Crippen molar-refractivity contribution in [2.24, 2.45) is 0 Å². The quantitative estimate of drug-likeness (QED) is 0.304. The third kappa shape index (κ3) is 160. The largest absolute Gasteiger partial charge is 1.00 e. The van der Waals surface area contributed by atoms with E-state index in [4.69, 9.17) is 0 Å². The fraction of sp³-hybridized carbons (Fsp3) is 0. The molecule has 0 rings (SSSR count). The van der Waals surface area contributed by atoms with Crippen molar-refractivity contribution >= 4 is 7.25 Å². The maximum atomic E-state index is 9.75. The summed E-state index contributed by atoms with van der Waals surface area (Å²) < 4.78 is 39.0. The summed E-state index contributed by atoms with van der Waals surface area (Å²) in [5, 5.41) is 0. The Morgan fingerprint density at radius 2 is 1.00 bits per heavy atom. The zero-order chi connectivity index (χ0) is 4.50.